The summed E-state index contributed by atoms with van der Waals surface area (Å²) in [4.78, 5) is 22.0. The van der Waals surface area contributed by atoms with Crippen LogP contribution in [0.2, 0.25) is 0 Å². The lowest BCUT2D eigenvalue weighted by Crippen LogP contribution is -2.37. The number of hydroxylamine groups is 1. The van der Waals surface area contributed by atoms with Crippen molar-refractivity contribution in [2.45, 2.75) is 6.61 Å². The van der Waals surface area contributed by atoms with E-state index in [-0.39, 0.29) is 12.6 Å². The number of fused-ring (bicyclic) bond motifs is 1. The maximum Gasteiger partial charge on any atom is 0.345 e. The number of nitrogens with zero attached hydrogens (tertiary/aromatic N) is 2. The van der Waals surface area contributed by atoms with Gasteiger partial charge in [0, 0.05) is 24.2 Å². The van der Waals surface area contributed by atoms with Crippen molar-refractivity contribution in [1.29, 1.82) is 0 Å². The van der Waals surface area contributed by atoms with E-state index in [0.717, 1.165) is 16.8 Å². The second-order valence-corrected chi connectivity index (χ2v) is 5.62. The molecule has 0 radical (unpaired) electrons. The Kier molecular flexibility index (Phi) is 5.77. The van der Waals surface area contributed by atoms with Crippen molar-refractivity contribution in [2.24, 2.45) is 5.16 Å². The van der Waals surface area contributed by atoms with Crippen molar-refractivity contribution >= 4 is 17.4 Å². The normalized spacial score (nSPS) is 13.7. The average molecular weight is 371 g/mol. The summed E-state index contributed by atoms with van der Waals surface area (Å²) < 4.78 is 11.5. The summed E-state index contributed by atoms with van der Waals surface area (Å²) in [6, 6.07) is 12.5. The smallest absolute Gasteiger partial charge is 0.345 e. The molecule has 142 valence electrons. The van der Waals surface area contributed by atoms with E-state index in [1.165, 1.54) is 19.3 Å². The highest BCUT2D eigenvalue weighted by Gasteiger charge is 2.21. The number of carbonyl (C=O) groups is 1. The number of oxime groups is 1. The summed E-state index contributed by atoms with van der Waals surface area (Å²) in [5.41, 5.74) is 3.03. The molecule has 0 spiro atoms. The van der Waals surface area contributed by atoms with Crippen LogP contribution in [0, 0.1) is 0 Å². The number of rotatable bonds is 6. The molecule has 0 unspecified atom stereocenters. The van der Waals surface area contributed by atoms with Gasteiger partial charge in [0.2, 0.25) is 0 Å². The molecule has 2 aromatic rings. The highest BCUT2D eigenvalue weighted by atomic mass is 16.7. The Morgan fingerprint density at radius 2 is 2.07 bits per heavy atom. The van der Waals surface area contributed by atoms with Crippen LogP contribution < -0.4 is 19.9 Å². The summed E-state index contributed by atoms with van der Waals surface area (Å²) in [6.07, 6.45) is 0. The first-order valence-electron chi connectivity index (χ1n) is 8.31. The first-order chi connectivity index (χ1) is 13.2. The first kappa shape index (κ1) is 18.5. The van der Waals surface area contributed by atoms with Gasteiger partial charge in [0.15, 0.2) is 0 Å². The summed E-state index contributed by atoms with van der Waals surface area (Å²) in [6.45, 7) is 0.620. The zero-order chi connectivity index (χ0) is 19.2. The fourth-order valence-electron chi connectivity index (χ4n) is 2.74. The summed E-state index contributed by atoms with van der Waals surface area (Å²) >= 11 is 0. The van der Waals surface area contributed by atoms with E-state index >= 15 is 0 Å². The molecule has 0 aliphatic carbocycles. The number of nitrogens with one attached hydrogen (secondary N) is 1. The molecule has 1 N–H and O–H groups in total. The molecule has 0 saturated heterocycles. The molecule has 0 aromatic heterocycles. The number of carbonyl (C=O) groups excluding carboxylic acids is 1. The Bertz CT molecular complexity index is 853. The molecular formula is C19H21N3O5. The highest BCUT2D eigenvalue weighted by Crippen LogP contribution is 2.31. The van der Waals surface area contributed by atoms with Crippen LogP contribution in [0.3, 0.4) is 0 Å². The maximum absolute atomic E-state index is 12.0. The lowest BCUT2D eigenvalue weighted by molar-refractivity contribution is 0.163. The van der Waals surface area contributed by atoms with Crippen molar-refractivity contribution in [3.8, 4) is 11.5 Å². The first-order valence-corrected chi connectivity index (χ1v) is 8.31. The molecule has 1 heterocycles. The Morgan fingerprint density at radius 1 is 1.26 bits per heavy atom. The zero-order valence-electron chi connectivity index (χ0n) is 15.4. The van der Waals surface area contributed by atoms with Gasteiger partial charge in [-0.2, -0.15) is 5.06 Å². The van der Waals surface area contributed by atoms with Gasteiger partial charge in [-0.15, -0.1) is 0 Å². The predicted molar refractivity (Wildman–Crippen MR) is 100 cm³/mol. The van der Waals surface area contributed by atoms with Crippen LogP contribution in [0.4, 0.5) is 10.5 Å². The Labute approximate surface area is 157 Å². The molecule has 0 saturated carbocycles. The minimum absolute atomic E-state index is 0.255. The number of benzene rings is 2. The number of hydrogen-bond acceptors (Lipinski definition) is 6. The molecule has 3 rings (SSSR count). The van der Waals surface area contributed by atoms with Gasteiger partial charge in [0.1, 0.15) is 37.5 Å². The number of para-hydroxylation sites is 1. The Balaban J connectivity index is 1.77. The number of hydrogen-bond donors (Lipinski definition) is 1. The maximum atomic E-state index is 12.0. The predicted octanol–water partition coefficient (Wildman–Crippen LogP) is 2.72. The molecule has 0 bridgehead atoms. The molecule has 2 amide bonds. The monoisotopic (exact) mass is 371 g/mol. The van der Waals surface area contributed by atoms with E-state index in [4.69, 9.17) is 19.1 Å². The lowest BCUT2D eigenvalue weighted by atomic mass is 10.1. The second kappa shape index (κ2) is 8.41. The number of anilines is 1. The van der Waals surface area contributed by atoms with Gasteiger partial charge in [0.25, 0.3) is 0 Å². The van der Waals surface area contributed by atoms with E-state index in [0.29, 0.717) is 23.8 Å². The molecule has 1 aliphatic heterocycles. The fraction of sp³-hybridized carbons (Fsp3) is 0.263. The quantitative estimate of drug-likeness (QED) is 0.790. The molecular weight excluding hydrogens is 350 g/mol. The third-order valence-corrected chi connectivity index (χ3v) is 4.02. The Morgan fingerprint density at radius 3 is 2.81 bits per heavy atom. The van der Waals surface area contributed by atoms with Crippen molar-refractivity contribution in [3.05, 3.63) is 53.6 Å². The molecule has 2 aromatic carbocycles. The van der Waals surface area contributed by atoms with Crippen LogP contribution in [-0.2, 0) is 16.3 Å². The fourth-order valence-corrected chi connectivity index (χ4v) is 2.74. The standard InChI is InChI=1S/C19H21N3O5/c1-20-19(23)22(25-3)17-7-5-4-6-13(17)11-26-14-8-9-15-16(21-24-2)12-27-18(15)10-14/h4-10H,11-12H2,1-3H3,(H,20,23)/b21-16+. The second-order valence-electron chi connectivity index (χ2n) is 5.62. The van der Waals surface area contributed by atoms with E-state index in [1.807, 2.05) is 36.4 Å². The van der Waals surface area contributed by atoms with Crippen LogP contribution in [-0.4, -0.2) is 39.6 Å². The van der Waals surface area contributed by atoms with Gasteiger partial charge in [-0.05, 0) is 18.2 Å². The minimum atomic E-state index is -0.374. The zero-order valence-corrected chi connectivity index (χ0v) is 15.4. The van der Waals surface area contributed by atoms with Crippen LogP contribution in [0.5, 0.6) is 11.5 Å². The van der Waals surface area contributed by atoms with Gasteiger partial charge < -0.3 is 19.6 Å². The topological polar surface area (TPSA) is 81.6 Å². The minimum Gasteiger partial charge on any atom is -0.489 e. The van der Waals surface area contributed by atoms with Crippen LogP contribution in [0.1, 0.15) is 11.1 Å². The van der Waals surface area contributed by atoms with Crippen LogP contribution in [0.25, 0.3) is 0 Å². The number of amides is 2. The van der Waals surface area contributed by atoms with E-state index in [1.54, 1.807) is 13.1 Å². The third-order valence-electron chi connectivity index (χ3n) is 4.02. The van der Waals surface area contributed by atoms with Gasteiger partial charge in [-0.1, -0.05) is 23.4 Å². The third kappa shape index (κ3) is 3.95. The summed E-state index contributed by atoms with van der Waals surface area (Å²) in [5.74, 6) is 1.34. The summed E-state index contributed by atoms with van der Waals surface area (Å²) in [7, 11) is 4.48. The molecule has 8 heteroatoms. The SMILES string of the molecule is CNC(=O)N(OC)c1ccccc1COc1ccc2c(c1)OC/C2=N\OC. The summed E-state index contributed by atoms with van der Waals surface area (Å²) in [5, 5.41) is 7.67. The van der Waals surface area contributed by atoms with Crippen LogP contribution >= 0.6 is 0 Å². The van der Waals surface area contributed by atoms with Crippen molar-refractivity contribution in [1.82, 2.24) is 5.32 Å². The largest absolute Gasteiger partial charge is 0.489 e. The average Bonchev–Trinajstić information content (AvgIpc) is 3.10. The van der Waals surface area contributed by atoms with Gasteiger partial charge in [0.05, 0.1) is 12.8 Å². The van der Waals surface area contributed by atoms with Crippen molar-refractivity contribution in [3.63, 3.8) is 0 Å². The van der Waals surface area contributed by atoms with E-state index < -0.39 is 0 Å². The number of ether oxygens (including phenoxy) is 2. The van der Waals surface area contributed by atoms with E-state index in [9.17, 15) is 4.79 Å². The van der Waals surface area contributed by atoms with E-state index in [2.05, 4.69) is 10.5 Å². The highest BCUT2D eigenvalue weighted by molar-refractivity contribution is 6.06. The lowest BCUT2D eigenvalue weighted by Gasteiger charge is -2.22. The van der Waals surface area contributed by atoms with Crippen molar-refractivity contribution < 1.29 is 23.9 Å². The molecule has 8 nitrogen and oxygen atoms in total. The van der Waals surface area contributed by atoms with Gasteiger partial charge in [-0.25, -0.2) is 4.79 Å². The molecule has 1 aliphatic rings. The van der Waals surface area contributed by atoms with Gasteiger partial charge >= 0.3 is 6.03 Å². The molecule has 27 heavy (non-hydrogen) atoms. The van der Waals surface area contributed by atoms with Gasteiger partial charge in [-0.3, -0.25) is 4.84 Å². The van der Waals surface area contributed by atoms with Crippen molar-refractivity contribution in [2.75, 3.05) is 32.9 Å². The molecule has 0 atom stereocenters. The Hall–Kier alpha value is -3.26. The van der Waals surface area contributed by atoms with Crippen LogP contribution in [0.15, 0.2) is 47.6 Å². The number of urea groups is 1. The molecule has 0 fully saturated rings.